The number of benzene rings is 1. The van der Waals surface area contributed by atoms with Gasteiger partial charge in [-0.05, 0) is 50.6 Å². The van der Waals surface area contributed by atoms with E-state index in [1.807, 2.05) is 0 Å². The molecule has 1 heterocycles. The molecule has 1 aliphatic carbocycles. The minimum atomic E-state index is 0.600. The summed E-state index contributed by atoms with van der Waals surface area (Å²) in [5, 5.41) is 3.56. The van der Waals surface area contributed by atoms with Gasteiger partial charge in [0.1, 0.15) is 5.75 Å². The van der Waals surface area contributed by atoms with Gasteiger partial charge in [-0.15, -0.1) is 0 Å². The lowest BCUT2D eigenvalue weighted by atomic mass is 9.73. The van der Waals surface area contributed by atoms with Gasteiger partial charge in [-0.25, -0.2) is 0 Å². The highest BCUT2D eigenvalue weighted by atomic mass is 16.5. The maximum absolute atomic E-state index is 5.85. The molecule has 4 unspecified atom stereocenters. The third kappa shape index (κ3) is 2.71. The summed E-state index contributed by atoms with van der Waals surface area (Å²) in [4.78, 5) is 0. The molecule has 0 bridgehead atoms. The van der Waals surface area contributed by atoms with Gasteiger partial charge in [0.15, 0.2) is 0 Å². The molecule has 1 saturated carbocycles. The molecule has 110 valence electrons. The van der Waals surface area contributed by atoms with Crippen LogP contribution in [0, 0.1) is 11.8 Å². The van der Waals surface area contributed by atoms with Crippen LogP contribution in [0.1, 0.15) is 50.5 Å². The Hall–Kier alpha value is -1.02. The second-order valence-corrected chi connectivity index (χ2v) is 6.52. The van der Waals surface area contributed by atoms with Crippen molar-refractivity contribution in [2.45, 2.75) is 51.0 Å². The number of hydrogen-bond acceptors (Lipinski definition) is 2. The van der Waals surface area contributed by atoms with Crippen LogP contribution < -0.4 is 10.1 Å². The maximum atomic E-state index is 5.85. The predicted octanol–water partition coefficient (Wildman–Crippen LogP) is 3.97. The fourth-order valence-electron chi connectivity index (χ4n) is 4.16. The summed E-state index contributed by atoms with van der Waals surface area (Å²) in [6.07, 6.45) is 6.75. The van der Waals surface area contributed by atoms with Crippen molar-refractivity contribution in [1.29, 1.82) is 0 Å². The van der Waals surface area contributed by atoms with E-state index in [2.05, 4.69) is 43.6 Å². The van der Waals surface area contributed by atoms with Crippen molar-refractivity contribution in [3.05, 3.63) is 29.8 Å². The van der Waals surface area contributed by atoms with E-state index >= 15 is 0 Å². The van der Waals surface area contributed by atoms with Crippen molar-refractivity contribution < 1.29 is 4.74 Å². The zero-order chi connectivity index (χ0) is 13.9. The minimum Gasteiger partial charge on any atom is -0.493 e. The van der Waals surface area contributed by atoms with Gasteiger partial charge in [0.05, 0.1) is 6.61 Å². The van der Waals surface area contributed by atoms with Gasteiger partial charge in [0.25, 0.3) is 0 Å². The number of hydrogen-bond donors (Lipinski definition) is 1. The average Bonchev–Trinajstić information content (AvgIpc) is 2.90. The molecular formula is C18H27NO. The molecule has 2 aliphatic rings. The Bertz CT molecular complexity index is 445. The number of fused-ring (bicyclic) bond motifs is 1. The monoisotopic (exact) mass is 273 g/mol. The molecule has 1 aliphatic heterocycles. The van der Waals surface area contributed by atoms with Crippen LogP contribution in [-0.4, -0.2) is 19.7 Å². The topological polar surface area (TPSA) is 21.3 Å². The second-order valence-electron chi connectivity index (χ2n) is 6.52. The first kappa shape index (κ1) is 13.9. The molecule has 20 heavy (non-hydrogen) atoms. The smallest absolute Gasteiger partial charge is 0.122 e. The van der Waals surface area contributed by atoms with E-state index < -0.39 is 0 Å². The summed E-state index contributed by atoms with van der Waals surface area (Å²) in [5.41, 5.74) is 1.43. The highest BCUT2D eigenvalue weighted by Gasteiger charge is 2.33. The van der Waals surface area contributed by atoms with Crippen LogP contribution in [0.4, 0.5) is 0 Å². The summed E-state index contributed by atoms with van der Waals surface area (Å²) >= 11 is 0. The lowest BCUT2D eigenvalue weighted by Crippen LogP contribution is -2.39. The first-order valence-corrected chi connectivity index (χ1v) is 8.20. The zero-order valence-electron chi connectivity index (χ0n) is 12.8. The van der Waals surface area contributed by atoms with Gasteiger partial charge in [-0.3, -0.25) is 0 Å². The van der Waals surface area contributed by atoms with E-state index in [4.69, 9.17) is 4.74 Å². The van der Waals surface area contributed by atoms with E-state index in [1.165, 1.54) is 37.7 Å². The van der Waals surface area contributed by atoms with Gasteiger partial charge in [0.2, 0.25) is 0 Å². The van der Waals surface area contributed by atoms with Crippen molar-refractivity contribution in [3.63, 3.8) is 0 Å². The van der Waals surface area contributed by atoms with Crippen LogP contribution in [0.15, 0.2) is 24.3 Å². The molecule has 0 spiro atoms. The van der Waals surface area contributed by atoms with E-state index in [1.54, 1.807) is 0 Å². The van der Waals surface area contributed by atoms with Crippen LogP contribution in [0.5, 0.6) is 5.75 Å². The summed E-state index contributed by atoms with van der Waals surface area (Å²) in [7, 11) is 2.13. The fourth-order valence-corrected chi connectivity index (χ4v) is 4.16. The summed E-state index contributed by atoms with van der Waals surface area (Å²) in [5.74, 6) is 3.45. The molecule has 0 aromatic heterocycles. The summed E-state index contributed by atoms with van der Waals surface area (Å²) in [6.45, 7) is 3.22. The Morgan fingerprint density at radius 2 is 2.10 bits per heavy atom. The molecule has 2 nitrogen and oxygen atoms in total. The van der Waals surface area contributed by atoms with E-state index in [-0.39, 0.29) is 0 Å². The number of rotatable bonds is 4. The molecule has 0 saturated heterocycles. The molecule has 1 N–H and O–H groups in total. The van der Waals surface area contributed by atoms with Crippen molar-refractivity contribution in [3.8, 4) is 5.75 Å². The third-order valence-electron chi connectivity index (χ3n) is 5.43. The first-order chi connectivity index (χ1) is 9.81. The fraction of sp³-hybridized carbons (Fsp3) is 0.667. The van der Waals surface area contributed by atoms with Crippen molar-refractivity contribution in [1.82, 2.24) is 5.32 Å². The predicted molar refractivity (Wildman–Crippen MR) is 83.3 cm³/mol. The molecule has 4 atom stereocenters. The molecule has 0 amide bonds. The third-order valence-corrected chi connectivity index (χ3v) is 5.43. The molecule has 1 fully saturated rings. The zero-order valence-corrected chi connectivity index (χ0v) is 12.8. The molecule has 1 aromatic carbocycles. The quantitative estimate of drug-likeness (QED) is 0.896. The Kier molecular flexibility index (Phi) is 4.30. The number of para-hydroxylation sites is 1. The molecule has 2 heteroatoms. The Morgan fingerprint density at radius 1 is 1.25 bits per heavy atom. The molecule has 3 rings (SSSR count). The van der Waals surface area contributed by atoms with Gasteiger partial charge < -0.3 is 10.1 Å². The lowest BCUT2D eigenvalue weighted by molar-refractivity contribution is 0.180. The van der Waals surface area contributed by atoms with Crippen LogP contribution >= 0.6 is 0 Å². The number of nitrogens with one attached hydrogen (secondary N) is 1. The molecule has 0 radical (unpaired) electrons. The van der Waals surface area contributed by atoms with Crippen LogP contribution in [0.2, 0.25) is 0 Å². The maximum Gasteiger partial charge on any atom is 0.122 e. The molecular weight excluding hydrogens is 246 g/mol. The standard InChI is InChI=1S/C18H27NO/c1-3-13-8-9-17(19-2)14(10-13)11-15-12-20-18-7-5-4-6-16(15)18/h4-7,13-15,17,19H,3,8-12H2,1-2H3. The van der Waals surface area contributed by atoms with Crippen molar-refractivity contribution in [2.75, 3.05) is 13.7 Å². The van der Waals surface area contributed by atoms with Crippen LogP contribution in [0.25, 0.3) is 0 Å². The van der Waals surface area contributed by atoms with Gasteiger partial charge in [-0.2, -0.15) is 0 Å². The van der Waals surface area contributed by atoms with Crippen LogP contribution in [-0.2, 0) is 0 Å². The van der Waals surface area contributed by atoms with E-state index in [0.717, 1.165) is 24.2 Å². The summed E-state index contributed by atoms with van der Waals surface area (Å²) < 4.78 is 5.85. The Morgan fingerprint density at radius 3 is 2.90 bits per heavy atom. The van der Waals surface area contributed by atoms with Crippen molar-refractivity contribution >= 4 is 0 Å². The highest BCUT2D eigenvalue weighted by Crippen LogP contribution is 2.42. The first-order valence-electron chi connectivity index (χ1n) is 8.20. The average molecular weight is 273 g/mol. The van der Waals surface area contributed by atoms with Gasteiger partial charge >= 0.3 is 0 Å². The van der Waals surface area contributed by atoms with E-state index in [9.17, 15) is 0 Å². The number of ether oxygens (including phenoxy) is 1. The SMILES string of the molecule is CCC1CCC(NC)C(CC2COc3ccccc32)C1. The largest absolute Gasteiger partial charge is 0.493 e. The molecule has 1 aromatic rings. The normalized spacial score (nSPS) is 32.7. The van der Waals surface area contributed by atoms with E-state index in [0.29, 0.717) is 12.0 Å². The Labute approximate surface area is 122 Å². The van der Waals surface area contributed by atoms with Crippen LogP contribution in [0.3, 0.4) is 0 Å². The summed E-state index contributed by atoms with van der Waals surface area (Å²) in [6, 6.07) is 9.28. The van der Waals surface area contributed by atoms with Crippen molar-refractivity contribution in [2.24, 2.45) is 11.8 Å². The minimum absolute atomic E-state index is 0.600. The Balaban J connectivity index is 1.70. The van der Waals surface area contributed by atoms with Gasteiger partial charge in [0, 0.05) is 17.5 Å². The second kappa shape index (κ2) is 6.17. The lowest BCUT2D eigenvalue weighted by Gasteiger charge is -2.37. The highest BCUT2D eigenvalue weighted by molar-refractivity contribution is 5.39. The van der Waals surface area contributed by atoms with Gasteiger partial charge in [-0.1, -0.05) is 31.5 Å².